The maximum absolute atomic E-state index is 13.0. The lowest BCUT2D eigenvalue weighted by Gasteiger charge is -2.22. The summed E-state index contributed by atoms with van der Waals surface area (Å²) >= 11 is 0. The van der Waals surface area contributed by atoms with Crippen molar-refractivity contribution in [1.29, 1.82) is 0 Å². The number of carbonyl (C=O) groups excluding carboxylic acids is 1. The van der Waals surface area contributed by atoms with Crippen LogP contribution in [0, 0.1) is 0 Å². The number of amides is 1. The molecule has 0 aliphatic carbocycles. The van der Waals surface area contributed by atoms with Crippen LogP contribution in [0.5, 0.6) is 11.5 Å². The van der Waals surface area contributed by atoms with E-state index >= 15 is 0 Å². The number of fused-ring (bicyclic) bond motifs is 1. The molecule has 182 valence electrons. The Balaban J connectivity index is 1.40. The van der Waals surface area contributed by atoms with E-state index in [-0.39, 0.29) is 18.2 Å². The first-order valence-corrected chi connectivity index (χ1v) is 11.8. The van der Waals surface area contributed by atoms with Gasteiger partial charge in [0.05, 0.1) is 32.5 Å². The molecular weight excluding hydrogens is 452 g/mol. The summed E-state index contributed by atoms with van der Waals surface area (Å²) in [5.41, 5.74) is 4.86. The first-order chi connectivity index (χ1) is 17.7. The zero-order chi connectivity index (χ0) is 24.9. The Bertz CT molecular complexity index is 1470. The van der Waals surface area contributed by atoms with Gasteiger partial charge in [-0.05, 0) is 35.4 Å². The molecule has 2 heterocycles. The molecule has 0 saturated carbocycles. The SMILES string of the molecule is COc1cccc(C(CNC(=O)Cc2cnn(-c3ccccc3)c2)c2c[nH]c3ccccc23)c1OC. The van der Waals surface area contributed by atoms with E-state index in [2.05, 4.69) is 21.5 Å². The Morgan fingerprint density at radius 1 is 0.972 bits per heavy atom. The summed E-state index contributed by atoms with van der Waals surface area (Å²) in [5, 5.41) is 8.64. The van der Waals surface area contributed by atoms with E-state index in [0.717, 1.165) is 33.3 Å². The van der Waals surface area contributed by atoms with Gasteiger partial charge in [-0.3, -0.25) is 4.79 Å². The standard InChI is InChI=1S/C29H28N4O3/c1-35-27-14-8-12-23(29(27)36-2)25(24-17-30-26-13-7-6-11-22(24)26)18-31-28(34)15-20-16-32-33(19-20)21-9-4-3-5-10-21/h3-14,16-17,19,25,30H,15,18H2,1-2H3,(H,31,34). The average Bonchev–Trinajstić information content (AvgIpc) is 3.57. The molecule has 1 atom stereocenters. The topological polar surface area (TPSA) is 81.2 Å². The fourth-order valence-corrected chi connectivity index (χ4v) is 4.59. The van der Waals surface area contributed by atoms with Crippen LogP contribution in [0.3, 0.4) is 0 Å². The summed E-state index contributed by atoms with van der Waals surface area (Å²) in [7, 11) is 3.26. The van der Waals surface area contributed by atoms with Gasteiger partial charge >= 0.3 is 0 Å². The van der Waals surface area contributed by atoms with Crippen LogP contribution in [0.1, 0.15) is 22.6 Å². The molecule has 0 aliphatic heterocycles. The first-order valence-electron chi connectivity index (χ1n) is 11.8. The van der Waals surface area contributed by atoms with Crippen LogP contribution in [0.15, 0.2) is 91.4 Å². The third-order valence-electron chi connectivity index (χ3n) is 6.33. The molecular formula is C29H28N4O3. The normalized spacial score (nSPS) is 11.8. The number of H-pyrrole nitrogens is 1. The maximum atomic E-state index is 13.0. The zero-order valence-electron chi connectivity index (χ0n) is 20.3. The summed E-state index contributed by atoms with van der Waals surface area (Å²) in [6, 6.07) is 23.8. The Hall–Kier alpha value is -4.52. The summed E-state index contributed by atoms with van der Waals surface area (Å²) < 4.78 is 13.1. The second-order valence-corrected chi connectivity index (χ2v) is 8.53. The molecule has 7 nitrogen and oxygen atoms in total. The highest BCUT2D eigenvalue weighted by atomic mass is 16.5. The molecule has 5 aromatic rings. The van der Waals surface area contributed by atoms with Crippen molar-refractivity contribution < 1.29 is 14.3 Å². The number of para-hydroxylation sites is 3. The van der Waals surface area contributed by atoms with Crippen LogP contribution in [0.2, 0.25) is 0 Å². The number of nitrogens with one attached hydrogen (secondary N) is 2. The van der Waals surface area contributed by atoms with E-state index in [1.165, 1.54) is 0 Å². The Kier molecular flexibility index (Phi) is 6.71. The smallest absolute Gasteiger partial charge is 0.224 e. The summed E-state index contributed by atoms with van der Waals surface area (Å²) in [5.74, 6) is 1.09. The third kappa shape index (κ3) is 4.68. The van der Waals surface area contributed by atoms with E-state index < -0.39 is 0 Å². The number of carbonyl (C=O) groups is 1. The average molecular weight is 481 g/mol. The van der Waals surface area contributed by atoms with Crippen molar-refractivity contribution in [2.45, 2.75) is 12.3 Å². The minimum absolute atomic E-state index is 0.0747. The summed E-state index contributed by atoms with van der Waals surface area (Å²) in [4.78, 5) is 16.3. The van der Waals surface area contributed by atoms with Gasteiger partial charge in [-0.15, -0.1) is 0 Å². The van der Waals surface area contributed by atoms with Crippen molar-refractivity contribution in [3.8, 4) is 17.2 Å². The van der Waals surface area contributed by atoms with E-state index in [0.29, 0.717) is 18.0 Å². The number of rotatable bonds is 9. The number of ether oxygens (including phenoxy) is 2. The number of benzene rings is 3. The van der Waals surface area contributed by atoms with Crippen molar-refractivity contribution in [2.24, 2.45) is 0 Å². The largest absolute Gasteiger partial charge is 0.493 e. The third-order valence-corrected chi connectivity index (χ3v) is 6.33. The summed E-state index contributed by atoms with van der Waals surface area (Å²) in [6.45, 7) is 0.400. The van der Waals surface area contributed by atoms with Gasteiger partial charge in [0.25, 0.3) is 0 Å². The highest BCUT2D eigenvalue weighted by Gasteiger charge is 2.24. The Morgan fingerprint density at radius 3 is 2.58 bits per heavy atom. The molecule has 0 aliphatic rings. The van der Waals surface area contributed by atoms with Crippen molar-refractivity contribution in [3.63, 3.8) is 0 Å². The molecule has 0 spiro atoms. The fraction of sp³-hybridized carbons (Fsp3) is 0.172. The lowest BCUT2D eigenvalue weighted by Crippen LogP contribution is -2.30. The molecule has 36 heavy (non-hydrogen) atoms. The van der Waals surface area contributed by atoms with Crippen LogP contribution >= 0.6 is 0 Å². The van der Waals surface area contributed by atoms with Crippen molar-refractivity contribution in [1.82, 2.24) is 20.1 Å². The Morgan fingerprint density at radius 2 is 1.78 bits per heavy atom. The van der Waals surface area contributed by atoms with Gasteiger partial charge < -0.3 is 19.8 Å². The molecule has 3 aromatic carbocycles. The van der Waals surface area contributed by atoms with Gasteiger partial charge in [0.1, 0.15) is 0 Å². The molecule has 0 radical (unpaired) electrons. The van der Waals surface area contributed by atoms with Crippen LogP contribution < -0.4 is 14.8 Å². The van der Waals surface area contributed by atoms with Crippen LogP contribution in [-0.2, 0) is 11.2 Å². The quantitative estimate of drug-likeness (QED) is 0.316. The highest BCUT2D eigenvalue weighted by molar-refractivity contribution is 5.85. The predicted octanol–water partition coefficient (Wildman–Crippen LogP) is 4.86. The minimum atomic E-state index is -0.151. The number of aromatic amines is 1. The maximum Gasteiger partial charge on any atom is 0.224 e. The van der Waals surface area contributed by atoms with Gasteiger partial charge in [0.2, 0.25) is 5.91 Å². The molecule has 1 unspecified atom stereocenters. The number of nitrogens with zero attached hydrogens (tertiary/aromatic N) is 2. The van der Waals surface area contributed by atoms with Crippen molar-refractivity contribution >= 4 is 16.8 Å². The van der Waals surface area contributed by atoms with E-state index in [1.807, 2.05) is 79.1 Å². The van der Waals surface area contributed by atoms with Crippen molar-refractivity contribution in [3.05, 3.63) is 108 Å². The molecule has 2 N–H and O–H groups in total. The molecule has 7 heteroatoms. The first kappa shape index (κ1) is 23.2. The van der Waals surface area contributed by atoms with Crippen LogP contribution in [0.25, 0.3) is 16.6 Å². The number of methoxy groups -OCH3 is 2. The zero-order valence-corrected chi connectivity index (χ0v) is 20.3. The van der Waals surface area contributed by atoms with Crippen molar-refractivity contribution in [2.75, 3.05) is 20.8 Å². The van der Waals surface area contributed by atoms with E-state index in [9.17, 15) is 4.79 Å². The second-order valence-electron chi connectivity index (χ2n) is 8.53. The second kappa shape index (κ2) is 10.4. The number of aromatic nitrogens is 3. The fourth-order valence-electron chi connectivity index (χ4n) is 4.59. The molecule has 2 aromatic heterocycles. The highest BCUT2D eigenvalue weighted by Crippen LogP contribution is 2.40. The predicted molar refractivity (Wildman–Crippen MR) is 140 cm³/mol. The lowest BCUT2D eigenvalue weighted by atomic mass is 9.89. The molecule has 1 amide bonds. The van der Waals surface area contributed by atoms with Crippen LogP contribution in [-0.4, -0.2) is 41.4 Å². The molecule has 5 rings (SSSR count). The van der Waals surface area contributed by atoms with Gasteiger partial charge in [-0.25, -0.2) is 4.68 Å². The Labute approximate surface area is 209 Å². The van der Waals surface area contributed by atoms with Gasteiger partial charge in [-0.1, -0.05) is 48.5 Å². The van der Waals surface area contributed by atoms with Gasteiger partial charge in [0.15, 0.2) is 11.5 Å². The molecule has 0 fully saturated rings. The number of hydrogen-bond donors (Lipinski definition) is 2. The van der Waals surface area contributed by atoms with Gasteiger partial charge in [-0.2, -0.15) is 5.10 Å². The van der Waals surface area contributed by atoms with E-state index in [4.69, 9.17) is 9.47 Å². The van der Waals surface area contributed by atoms with Crippen LogP contribution in [0.4, 0.5) is 0 Å². The summed E-state index contributed by atoms with van der Waals surface area (Å²) in [6.07, 6.45) is 5.86. The lowest BCUT2D eigenvalue weighted by molar-refractivity contribution is -0.120. The molecule has 0 saturated heterocycles. The molecule has 0 bridgehead atoms. The monoisotopic (exact) mass is 480 g/mol. The van der Waals surface area contributed by atoms with Gasteiger partial charge in [0, 0.05) is 41.3 Å². The minimum Gasteiger partial charge on any atom is -0.493 e. The van der Waals surface area contributed by atoms with E-state index in [1.54, 1.807) is 25.1 Å². The number of hydrogen-bond acceptors (Lipinski definition) is 4.